The van der Waals surface area contributed by atoms with Crippen molar-refractivity contribution in [3.63, 3.8) is 0 Å². The Bertz CT molecular complexity index is 707. The molecule has 1 atom stereocenters. The van der Waals surface area contributed by atoms with Crippen molar-refractivity contribution in [1.29, 1.82) is 0 Å². The summed E-state index contributed by atoms with van der Waals surface area (Å²) in [6, 6.07) is 9.70. The van der Waals surface area contributed by atoms with E-state index in [0.717, 1.165) is 42.6 Å². The Labute approximate surface area is 142 Å². The highest BCUT2D eigenvalue weighted by Gasteiger charge is 2.28. The molecule has 0 fully saturated rings. The zero-order valence-electron chi connectivity index (χ0n) is 14.3. The SMILES string of the molecule is CC(C)CC(CO)NC(=O)c1nn(-c2ccccc2)c2c1CCC2. The Morgan fingerprint density at radius 2 is 2.04 bits per heavy atom. The Morgan fingerprint density at radius 3 is 2.71 bits per heavy atom. The number of aromatic nitrogens is 2. The van der Waals surface area contributed by atoms with Gasteiger partial charge >= 0.3 is 0 Å². The summed E-state index contributed by atoms with van der Waals surface area (Å²) in [5, 5.41) is 17.0. The largest absolute Gasteiger partial charge is 0.394 e. The summed E-state index contributed by atoms with van der Waals surface area (Å²) in [5.74, 6) is 0.234. The van der Waals surface area contributed by atoms with Gasteiger partial charge in [-0.2, -0.15) is 5.10 Å². The van der Waals surface area contributed by atoms with E-state index >= 15 is 0 Å². The zero-order valence-corrected chi connectivity index (χ0v) is 14.3. The molecule has 0 saturated heterocycles. The van der Waals surface area contributed by atoms with Gasteiger partial charge in [0.05, 0.1) is 18.3 Å². The van der Waals surface area contributed by atoms with Gasteiger partial charge in [-0.05, 0) is 43.7 Å². The molecule has 128 valence electrons. The molecule has 1 unspecified atom stereocenters. The van der Waals surface area contributed by atoms with Crippen LogP contribution in [0.15, 0.2) is 30.3 Å². The number of hydrogen-bond donors (Lipinski definition) is 2. The molecule has 24 heavy (non-hydrogen) atoms. The molecule has 1 amide bonds. The van der Waals surface area contributed by atoms with E-state index in [0.29, 0.717) is 11.6 Å². The number of nitrogens with one attached hydrogen (secondary N) is 1. The lowest BCUT2D eigenvalue weighted by molar-refractivity contribution is 0.0902. The van der Waals surface area contributed by atoms with Crippen LogP contribution in [0.1, 0.15) is 48.4 Å². The number of aliphatic hydroxyl groups is 1. The van der Waals surface area contributed by atoms with Gasteiger partial charge in [0.15, 0.2) is 5.69 Å². The van der Waals surface area contributed by atoms with Crippen molar-refractivity contribution in [2.75, 3.05) is 6.61 Å². The van der Waals surface area contributed by atoms with Crippen molar-refractivity contribution in [3.8, 4) is 5.69 Å². The summed E-state index contributed by atoms with van der Waals surface area (Å²) < 4.78 is 1.90. The van der Waals surface area contributed by atoms with Gasteiger partial charge in [0.1, 0.15) is 0 Å². The maximum absolute atomic E-state index is 12.7. The van der Waals surface area contributed by atoms with Crippen LogP contribution in [0.4, 0.5) is 0 Å². The van der Waals surface area contributed by atoms with Gasteiger partial charge in [0, 0.05) is 11.3 Å². The molecule has 1 aliphatic rings. The smallest absolute Gasteiger partial charge is 0.272 e. The number of para-hydroxylation sites is 1. The van der Waals surface area contributed by atoms with Gasteiger partial charge in [-0.3, -0.25) is 4.79 Å². The predicted molar refractivity (Wildman–Crippen MR) is 93.4 cm³/mol. The highest BCUT2D eigenvalue weighted by molar-refractivity contribution is 5.94. The lowest BCUT2D eigenvalue weighted by Gasteiger charge is -2.17. The summed E-state index contributed by atoms with van der Waals surface area (Å²) in [4.78, 5) is 12.7. The second kappa shape index (κ2) is 7.18. The monoisotopic (exact) mass is 327 g/mol. The van der Waals surface area contributed by atoms with Gasteiger partial charge < -0.3 is 10.4 Å². The molecule has 2 aromatic rings. The number of fused-ring (bicyclic) bond motifs is 1. The number of amides is 1. The topological polar surface area (TPSA) is 67.2 Å². The molecule has 0 spiro atoms. The van der Waals surface area contributed by atoms with Crippen LogP contribution in [0, 0.1) is 5.92 Å². The molecule has 1 aromatic carbocycles. The molecule has 0 bridgehead atoms. The number of carbonyl (C=O) groups is 1. The maximum Gasteiger partial charge on any atom is 0.272 e. The Balaban J connectivity index is 1.88. The van der Waals surface area contributed by atoms with Crippen molar-refractivity contribution in [1.82, 2.24) is 15.1 Å². The Morgan fingerprint density at radius 1 is 1.29 bits per heavy atom. The van der Waals surface area contributed by atoms with Crippen molar-refractivity contribution >= 4 is 5.91 Å². The third kappa shape index (κ3) is 3.36. The summed E-state index contributed by atoms with van der Waals surface area (Å²) in [5.41, 5.74) is 3.68. The highest BCUT2D eigenvalue weighted by Crippen LogP contribution is 2.27. The molecule has 1 aromatic heterocycles. The van der Waals surface area contributed by atoms with Crippen LogP contribution in [0.3, 0.4) is 0 Å². The molecule has 1 heterocycles. The van der Waals surface area contributed by atoms with Gasteiger partial charge in [-0.15, -0.1) is 0 Å². The molecule has 0 radical (unpaired) electrons. The van der Waals surface area contributed by atoms with Crippen LogP contribution in [0.2, 0.25) is 0 Å². The first-order valence-corrected chi connectivity index (χ1v) is 8.68. The molecular formula is C19H25N3O2. The molecule has 5 nitrogen and oxygen atoms in total. The van der Waals surface area contributed by atoms with Crippen LogP contribution < -0.4 is 5.32 Å². The number of benzene rings is 1. The zero-order chi connectivity index (χ0) is 17.1. The number of aliphatic hydroxyl groups excluding tert-OH is 1. The normalized spacial score (nSPS) is 14.7. The lowest BCUT2D eigenvalue weighted by Crippen LogP contribution is -2.39. The third-order valence-corrected chi connectivity index (χ3v) is 4.46. The van der Waals surface area contributed by atoms with Gasteiger partial charge in [-0.1, -0.05) is 32.0 Å². The predicted octanol–water partition coefficient (Wildman–Crippen LogP) is 2.50. The van der Waals surface area contributed by atoms with Crippen molar-refractivity contribution < 1.29 is 9.90 Å². The minimum absolute atomic E-state index is 0.0501. The highest BCUT2D eigenvalue weighted by atomic mass is 16.3. The van der Waals surface area contributed by atoms with Crippen molar-refractivity contribution in [3.05, 3.63) is 47.3 Å². The standard InChI is InChI=1S/C19H25N3O2/c1-13(2)11-14(12-23)20-19(24)18-16-9-6-10-17(16)22(21-18)15-7-4-3-5-8-15/h3-5,7-8,13-14,23H,6,9-12H2,1-2H3,(H,20,24). The third-order valence-electron chi connectivity index (χ3n) is 4.46. The first-order chi connectivity index (χ1) is 11.6. The van der Waals surface area contributed by atoms with Crippen LogP contribution >= 0.6 is 0 Å². The number of carbonyl (C=O) groups excluding carboxylic acids is 1. The van der Waals surface area contributed by atoms with E-state index in [4.69, 9.17) is 0 Å². The van der Waals surface area contributed by atoms with E-state index in [-0.39, 0.29) is 18.6 Å². The number of nitrogens with zero attached hydrogens (tertiary/aromatic N) is 2. The van der Waals surface area contributed by atoms with Crippen LogP contribution in [0.25, 0.3) is 5.69 Å². The second-order valence-corrected chi connectivity index (χ2v) is 6.86. The molecule has 3 rings (SSSR count). The molecule has 0 saturated carbocycles. The van der Waals surface area contributed by atoms with Gasteiger partial charge in [0.25, 0.3) is 5.91 Å². The minimum Gasteiger partial charge on any atom is -0.394 e. The van der Waals surface area contributed by atoms with Gasteiger partial charge in [-0.25, -0.2) is 4.68 Å². The van der Waals surface area contributed by atoms with Gasteiger partial charge in [0.2, 0.25) is 0 Å². The first kappa shape index (κ1) is 16.7. The Kier molecular flexibility index (Phi) is 5.00. The van der Waals surface area contributed by atoms with E-state index in [1.165, 1.54) is 0 Å². The lowest BCUT2D eigenvalue weighted by atomic mass is 10.0. The summed E-state index contributed by atoms with van der Waals surface area (Å²) in [6.45, 7) is 4.11. The van der Waals surface area contributed by atoms with E-state index in [9.17, 15) is 9.90 Å². The minimum atomic E-state index is -0.226. The van der Waals surface area contributed by atoms with E-state index in [1.54, 1.807) is 0 Å². The van der Waals surface area contributed by atoms with Crippen LogP contribution in [0.5, 0.6) is 0 Å². The number of rotatable bonds is 6. The molecular weight excluding hydrogens is 302 g/mol. The van der Waals surface area contributed by atoms with E-state index in [1.807, 2.05) is 35.0 Å². The molecule has 2 N–H and O–H groups in total. The summed E-state index contributed by atoms with van der Waals surface area (Å²) in [7, 11) is 0. The average Bonchev–Trinajstić information content (AvgIpc) is 3.16. The fourth-order valence-corrected chi connectivity index (χ4v) is 3.40. The summed E-state index contributed by atoms with van der Waals surface area (Å²) >= 11 is 0. The number of hydrogen-bond acceptors (Lipinski definition) is 3. The molecule has 0 aliphatic heterocycles. The fraction of sp³-hybridized carbons (Fsp3) is 0.474. The molecule has 5 heteroatoms. The van der Waals surface area contributed by atoms with E-state index in [2.05, 4.69) is 24.3 Å². The Hall–Kier alpha value is -2.14. The van der Waals surface area contributed by atoms with Crippen molar-refractivity contribution in [2.24, 2.45) is 5.92 Å². The molecule has 1 aliphatic carbocycles. The average molecular weight is 327 g/mol. The van der Waals surface area contributed by atoms with Crippen LogP contribution in [-0.2, 0) is 12.8 Å². The fourth-order valence-electron chi connectivity index (χ4n) is 3.40. The van der Waals surface area contributed by atoms with E-state index < -0.39 is 0 Å². The quantitative estimate of drug-likeness (QED) is 0.856. The maximum atomic E-state index is 12.7. The van der Waals surface area contributed by atoms with Crippen LogP contribution in [-0.4, -0.2) is 33.4 Å². The summed E-state index contributed by atoms with van der Waals surface area (Å²) in [6.07, 6.45) is 3.64. The first-order valence-electron chi connectivity index (χ1n) is 8.68. The van der Waals surface area contributed by atoms with Crippen molar-refractivity contribution in [2.45, 2.75) is 45.6 Å². The second-order valence-electron chi connectivity index (χ2n) is 6.86.